The standard InChI is InChI=1S/C19H25N3O/c1-4-21-14(2)13-16(15(21)3)19(23)22-12-8-6-10-18(22)17-9-5-7-11-20-17/h5,7,9,11,13,18H,4,6,8,10,12H2,1-3H3/t18-/m0/s1. The molecule has 3 heterocycles. The van der Waals surface area contributed by atoms with Crippen LogP contribution >= 0.6 is 0 Å². The summed E-state index contributed by atoms with van der Waals surface area (Å²) in [5.74, 6) is 0.146. The summed E-state index contributed by atoms with van der Waals surface area (Å²) < 4.78 is 2.20. The molecule has 3 rings (SSSR count). The summed E-state index contributed by atoms with van der Waals surface area (Å²) in [7, 11) is 0. The summed E-state index contributed by atoms with van der Waals surface area (Å²) >= 11 is 0. The molecular formula is C19H25N3O. The Bertz CT molecular complexity index is 690. The Hall–Kier alpha value is -2.10. The van der Waals surface area contributed by atoms with Crippen molar-refractivity contribution in [2.24, 2.45) is 0 Å². The molecule has 1 aliphatic rings. The van der Waals surface area contributed by atoms with Gasteiger partial charge in [-0.25, -0.2) is 0 Å². The maximum Gasteiger partial charge on any atom is 0.256 e. The molecule has 23 heavy (non-hydrogen) atoms. The molecule has 0 spiro atoms. The van der Waals surface area contributed by atoms with Crippen molar-refractivity contribution in [3.63, 3.8) is 0 Å². The normalized spacial score (nSPS) is 18.2. The molecular weight excluding hydrogens is 286 g/mol. The molecule has 0 N–H and O–H groups in total. The van der Waals surface area contributed by atoms with Gasteiger partial charge >= 0.3 is 0 Å². The molecule has 1 fully saturated rings. The van der Waals surface area contributed by atoms with Crippen LogP contribution in [0.4, 0.5) is 0 Å². The zero-order chi connectivity index (χ0) is 16.4. The van der Waals surface area contributed by atoms with Crippen LogP contribution in [0.1, 0.15) is 59.7 Å². The number of nitrogens with zero attached hydrogens (tertiary/aromatic N) is 3. The van der Waals surface area contributed by atoms with Gasteiger partial charge in [0.2, 0.25) is 0 Å². The molecule has 1 amide bonds. The van der Waals surface area contributed by atoms with Crippen molar-refractivity contribution in [1.82, 2.24) is 14.5 Å². The Morgan fingerprint density at radius 2 is 2.13 bits per heavy atom. The van der Waals surface area contributed by atoms with Gasteiger partial charge in [0.15, 0.2) is 0 Å². The van der Waals surface area contributed by atoms with Crippen LogP contribution in [0.5, 0.6) is 0 Å². The Balaban J connectivity index is 1.93. The van der Waals surface area contributed by atoms with Gasteiger partial charge in [-0.3, -0.25) is 9.78 Å². The Labute approximate surface area is 138 Å². The lowest BCUT2D eigenvalue weighted by molar-refractivity contribution is 0.0605. The summed E-state index contributed by atoms with van der Waals surface area (Å²) in [5, 5.41) is 0. The Kier molecular flexibility index (Phi) is 4.51. The van der Waals surface area contributed by atoms with Crippen LogP contribution in [0.3, 0.4) is 0 Å². The van der Waals surface area contributed by atoms with Crippen LogP contribution < -0.4 is 0 Å². The number of likely N-dealkylation sites (tertiary alicyclic amines) is 1. The average Bonchev–Trinajstić information content (AvgIpc) is 2.89. The lowest BCUT2D eigenvalue weighted by Crippen LogP contribution is -2.39. The maximum absolute atomic E-state index is 13.2. The van der Waals surface area contributed by atoms with E-state index in [2.05, 4.69) is 23.4 Å². The minimum Gasteiger partial charge on any atom is -0.349 e. The average molecular weight is 311 g/mol. The first-order valence-corrected chi connectivity index (χ1v) is 8.52. The van der Waals surface area contributed by atoms with Gasteiger partial charge in [-0.1, -0.05) is 6.07 Å². The van der Waals surface area contributed by atoms with Crippen LogP contribution in [0.2, 0.25) is 0 Å². The number of amides is 1. The Morgan fingerprint density at radius 3 is 2.78 bits per heavy atom. The molecule has 122 valence electrons. The highest BCUT2D eigenvalue weighted by molar-refractivity contribution is 5.96. The second kappa shape index (κ2) is 6.57. The highest BCUT2D eigenvalue weighted by Crippen LogP contribution is 2.31. The van der Waals surface area contributed by atoms with Gasteiger partial charge in [0.05, 0.1) is 17.3 Å². The molecule has 4 nitrogen and oxygen atoms in total. The predicted molar refractivity (Wildman–Crippen MR) is 91.4 cm³/mol. The Morgan fingerprint density at radius 1 is 1.30 bits per heavy atom. The maximum atomic E-state index is 13.2. The van der Waals surface area contributed by atoms with E-state index in [0.29, 0.717) is 0 Å². The van der Waals surface area contributed by atoms with Crippen LogP contribution in [0, 0.1) is 13.8 Å². The summed E-state index contributed by atoms with van der Waals surface area (Å²) in [4.78, 5) is 19.7. The summed E-state index contributed by atoms with van der Waals surface area (Å²) in [6.07, 6.45) is 5.03. The fraction of sp³-hybridized carbons (Fsp3) is 0.474. The van der Waals surface area contributed by atoms with Crippen LogP contribution in [0.25, 0.3) is 0 Å². The monoisotopic (exact) mass is 311 g/mol. The van der Waals surface area contributed by atoms with Crippen LogP contribution in [-0.4, -0.2) is 26.9 Å². The molecule has 0 bridgehead atoms. The number of aryl methyl sites for hydroxylation is 1. The summed E-state index contributed by atoms with van der Waals surface area (Å²) in [6.45, 7) is 7.94. The molecule has 0 unspecified atom stereocenters. The van der Waals surface area contributed by atoms with Crippen molar-refractivity contribution in [2.75, 3.05) is 6.54 Å². The first kappa shape index (κ1) is 15.8. The molecule has 0 saturated carbocycles. The minimum absolute atomic E-state index is 0.0992. The number of piperidine rings is 1. The van der Waals surface area contributed by atoms with Gasteiger partial charge in [0, 0.05) is 30.7 Å². The molecule has 2 aromatic heterocycles. The van der Waals surface area contributed by atoms with E-state index in [-0.39, 0.29) is 11.9 Å². The number of aromatic nitrogens is 2. The largest absolute Gasteiger partial charge is 0.349 e. The summed E-state index contributed by atoms with van der Waals surface area (Å²) in [6, 6.07) is 8.09. The van der Waals surface area contributed by atoms with Crippen molar-refractivity contribution in [3.8, 4) is 0 Å². The number of hydrogen-bond donors (Lipinski definition) is 0. The highest BCUT2D eigenvalue weighted by Gasteiger charge is 2.31. The van der Waals surface area contributed by atoms with E-state index in [1.54, 1.807) is 0 Å². The van der Waals surface area contributed by atoms with E-state index in [0.717, 1.165) is 55.0 Å². The smallest absolute Gasteiger partial charge is 0.256 e. The molecule has 0 aromatic carbocycles. The minimum atomic E-state index is 0.0992. The molecule has 0 radical (unpaired) electrons. The van der Waals surface area contributed by atoms with E-state index in [9.17, 15) is 4.79 Å². The first-order chi connectivity index (χ1) is 11.1. The van der Waals surface area contributed by atoms with Gasteiger partial charge in [-0.2, -0.15) is 0 Å². The second-order valence-electron chi connectivity index (χ2n) is 6.29. The zero-order valence-corrected chi connectivity index (χ0v) is 14.2. The first-order valence-electron chi connectivity index (χ1n) is 8.52. The number of rotatable bonds is 3. The molecule has 2 aromatic rings. The lowest BCUT2D eigenvalue weighted by atomic mass is 9.97. The van der Waals surface area contributed by atoms with Crippen LogP contribution in [-0.2, 0) is 6.54 Å². The third-order valence-electron chi connectivity index (χ3n) is 4.91. The van der Waals surface area contributed by atoms with E-state index < -0.39 is 0 Å². The highest BCUT2D eigenvalue weighted by atomic mass is 16.2. The third kappa shape index (κ3) is 2.90. The molecule has 0 aliphatic carbocycles. The molecule has 1 atom stereocenters. The molecule has 1 aliphatic heterocycles. The van der Waals surface area contributed by atoms with Crippen molar-refractivity contribution in [1.29, 1.82) is 0 Å². The second-order valence-corrected chi connectivity index (χ2v) is 6.29. The van der Waals surface area contributed by atoms with Gasteiger partial charge in [-0.15, -0.1) is 0 Å². The van der Waals surface area contributed by atoms with Gasteiger partial charge in [0.25, 0.3) is 5.91 Å². The van der Waals surface area contributed by atoms with Gasteiger partial charge < -0.3 is 9.47 Å². The van der Waals surface area contributed by atoms with Crippen molar-refractivity contribution in [2.45, 2.75) is 52.6 Å². The van der Waals surface area contributed by atoms with Crippen LogP contribution in [0.15, 0.2) is 30.5 Å². The number of pyridine rings is 1. The topological polar surface area (TPSA) is 38.1 Å². The molecule has 1 saturated heterocycles. The fourth-order valence-corrected chi connectivity index (χ4v) is 3.71. The van der Waals surface area contributed by atoms with Crippen molar-refractivity contribution >= 4 is 5.91 Å². The number of hydrogen-bond acceptors (Lipinski definition) is 2. The van der Waals surface area contributed by atoms with E-state index >= 15 is 0 Å². The lowest BCUT2D eigenvalue weighted by Gasteiger charge is -2.35. The molecule has 4 heteroatoms. The van der Waals surface area contributed by atoms with E-state index in [1.807, 2.05) is 42.3 Å². The zero-order valence-electron chi connectivity index (χ0n) is 14.2. The predicted octanol–water partition coefficient (Wildman–Crippen LogP) is 3.89. The van der Waals surface area contributed by atoms with E-state index in [4.69, 9.17) is 0 Å². The quantitative estimate of drug-likeness (QED) is 0.862. The number of carbonyl (C=O) groups excluding carboxylic acids is 1. The third-order valence-corrected chi connectivity index (χ3v) is 4.91. The van der Waals surface area contributed by atoms with Gasteiger partial charge in [-0.05, 0) is 58.2 Å². The van der Waals surface area contributed by atoms with Crippen molar-refractivity contribution in [3.05, 3.63) is 53.1 Å². The van der Waals surface area contributed by atoms with Gasteiger partial charge in [0.1, 0.15) is 0 Å². The SMILES string of the molecule is CCn1c(C)cc(C(=O)N2CCCC[C@H]2c2ccccn2)c1C. The fourth-order valence-electron chi connectivity index (χ4n) is 3.71. The van der Waals surface area contributed by atoms with E-state index in [1.165, 1.54) is 0 Å². The summed E-state index contributed by atoms with van der Waals surface area (Å²) in [5.41, 5.74) is 4.07. The number of carbonyl (C=O) groups is 1. The van der Waals surface area contributed by atoms with Crippen molar-refractivity contribution < 1.29 is 4.79 Å².